The molecule has 1 rings (SSSR count). The molecule has 0 aromatic heterocycles. The van der Waals surface area contributed by atoms with Gasteiger partial charge in [-0.05, 0) is 67.5 Å². The van der Waals surface area contributed by atoms with Crippen molar-refractivity contribution in [1.82, 2.24) is 10.6 Å². The fraction of sp³-hybridized carbons (Fsp3) is 0.615. The smallest absolute Gasteiger partial charge is 0.408 e. The first kappa shape index (κ1) is 33.9. The predicted octanol–water partition coefficient (Wildman–Crippen LogP) is 1.85. The van der Waals surface area contributed by atoms with Crippen molar-refractivity contribution in [2.24, 2.45) is 0 Å². The van der Waals surface area contributed by atoms with Gasteiger partial charge in [-0.3, -0.25) is 0 Å². The number of nitrogens with one attached hydrogen (secondary N) is 2. The van der Waals surface area contributed by atoms with E-state index >= 15 is 0 Å². The maximum atomic E-state index is 12.7. The Kier molecular flexibility index (Phi) is 12.6. The third kappa shape index (κ3) is 13.6. The van der Waals surface area contributed by atoms with E-state index in [0.717, 1.165) is 24.3 Å². The molecule has 0 aromatic carbocycles. The van der Waals surface area contributed by atoms with E-state index in [1.54, 1.807) is 41.5 Å². The summed E-state index contributed by atoms with van der Waals surface area (Å²) in [7, 11) is 0. The summed E-state index contributed by atoms with van der Waals surface area (Å²) < 4.78 is 30.9. The van der Waals surface area contributed by atoms with Crippen LogP contribution in [0.15, 0.2) is 24.3 Å². The highest BCUT2D eigenvalue weighted by Gasteiger charge is 2.34. The molecule has 2 N–H and O–H groups in total. The monoisotopic (exact) mass is 570 g/mol. The van der Waals surface area contributed by atoms with Gasteiger partial charge in [0.2, 0.25) is 0 Å². The van der Waals surface area contributed by atoms with E-state index < -0.39 is 84.8 Å². The van der Waals surface area contributed by atoms with Crippen LogP contribution in [0.5, 0.6) is 0 Å². The van der Waals surface area contributed by atoms with Crippen LogP contribution in [0, 0.1) is 0 Å². The number of alkyl carbamates (subject to hydrolysis) is 2. The van der Waals surface area contributed by atoms with Gasteiger partial charge in [0.15, 0.2) is 12.1 Å². The Hall–Kier alpha value is -4.10. The van der Waals surface area contributed by atoms with E-state index in [2.05, 4.69) is 10.6 Å². The minimum atomic E-state index is -1.45. The van der Waals surface area contributed by atoms with Crippen molar-refractivity contribution in [2.45, 2.75) is 90.9 Å². The Bertz CT molecular complexity index is 926. The molecule has 0 fully saturated rings. The molecule has 0 spiro atoms. The van der Waals surface area contributed by atoms with Gasteiger partial charge in [-0.25, -0.2) is 28.8 Å². The fourth-order valence-electron chi connectivity index (χ4n) is 2.91. The molecule has 1 aliphatic rings. The molecule has 1 aliphatic heterocycles. The van der Waals surface area contributed by atoms with Gasteiger partial charge in [-0.1, -0.05) is 0 Å². The summed E-state index contributed by atoms with van der Waals surface area (Å²) in [5.74, 6) is -3.78. The Morgan fingerprint density at radius 1 is 0.700 bits per heavy atom. The van der Waals surface area contributed by atoms with Crippen LogP contribution < -0.4 is 10.6 Å². The number of cyclic esters (lactones) is 4. The van der Waals surface area contributed by atoms with E-state index in [4.69, 9.17) is 28.4 Å². The number of rotatable bonds is 2. The summed E-state index contributed by atoms with van der Waals surface area (Å²) in [6, 6.07) is -2.91. The van der Waals surface area contributed by atoms with Gasteiger partial charge in [-0.15, -0.1) is 0 Å². The van der Waals surface area contributed by atoms with Gasteiger partial charge in [0.1, 0.15) is 36.6 Å². The van der Waals surface area contributed by atoms with Crippen molar-refractivity contribution in [3.8, 4) is 0 Å². The number of carbonyl (C=O) groups excluding carboxylic acids is 6. The van der Waals surface area contributed by atoms with Crippen LogP contribution in [0.3, 0.4) is 0 Å². The van der Waals surface area contributed by atoms with Crippen LogP contribution in [-0.2, 0) is 47.6 Å². The van der Waals surface area contributed by atoms with Crippen molar-refractivity contribution < 1.29 is 57.2 Å². The number of carbonyl (C=O) groups is 6. The van der Waals surface area contributed by atoms with Crippen LogP contribution in [0.2, 0.25) is 0 Å². The second kappa shape index (κ2) is 14.9. The largest absolute Gasteiger partial charge is 0.460 e. The van der Waals surface area contributed by atoms with Crippen LogP contribution in [0.25, 0.3) is 0 Å². The third-order valence-corrected chi connectivity index (χ3v) is 4.55. The molecular formula is C26H38N2O12. The molecule has 224 valence electrons. The minimum absolute atomic E-state index is 0.420. The van der Waals surface area contributed by atoms with Gasteiger partial charge < -0.3 is 39.1 Å². The molecule has 0 unspecified atom stereocenters. The van der Waals surface area contributed by atoms with Gasteiger partial charge in [0.05, 0.1) is 0 Å². The van der Waals surface area contributed by atoms with E-state index in [9.17, 15) is 28.8 Å². The predicted molar refractivity (Wildman–Crippen MR) is 138 cm³/mol. The maximum Gasteiger partial charge on any atom is 0.408 e. The standard InChI is InChI=1S/C26H38N2O12/c1-15-19(27-23(33)39-25(3,4)5)21(31)35-13-10-12-18(30)38-16(2)20(28-24(34)40-26(6,7)8)22(32)36-14-9-11-17(29)37-15/h9-12,15-16,19-20H,13-14H2,1-8H3,(H,27,33)(H,28,34)/b11-9+,12-10+/t15-,16-,19+,20+/m1/s1. The lowest BCUT2D eigenvalue weighted by Crippen LogP contribution is -2.51. The van der Waals surface area contributed by atoms with Crippen molar-refractivity contribution in [2.75, 3.05) is 13.2 Å². The summed E-state index contributed by atoms with van der Waals surface area (Å²) in [6.07, 6.45) is -0.166. The molecular weight excluding hydrogens is 532 g/mol. The summed E-state index contributed by atoms with van der Waals surface area (Å²) >= 11 is 0. The van der Waals surface area contributed by atoms with Gasteiger partial charge in [-0.2, -0.15) is 0 Å². The zero-order chi connectivity index (χ0) is 30.7. The van der Waals surface area contributed by atoms with Crippen molar-refractivity contribution >= 4 is 36.1 Å². The zero-order valence-electron chi connectivity index (χ0n) is 23.9. The number of ether oxygens (including phenoxy) is 6. The van der Waals surface area contributed by atoms with Crippen molar-refractivity contribution in [1.29, 1.82) is 0 Å². The molecule has 2 amide bonds. The molecule has 14 nitrogen and oxygen atoms in total. The third-order valence-electron chi connectivity index (χ3n) is 4.55. The summed E-state index contributed by atoms with van der Waals surface area (Å²) in [6.45, 7) is 11.6. The molecule has 14 heteroatoms. The highest BCUT2D eigenvalue weighted by Crippen LogP contribution is 2.11. The number of hydrogen-bond donors (Lipinski definition) is 2. The molecule has 0 saturated carbocycles. The first-order valence-electron chi connectivity index (χ1n) is 12.4. The average Bonchev–Trinajstić information content (AvgIpc) is 2.78. The van der Waals surface area contributed by atoms with E-state index in [-0.39, 0.29) is 0 Å². The topological polar surface area (TPSA) is 182 Å². The van der Waals surface area contributed by atoms with E-state index in [1.165, 1.54) is 13.8 Å². The highest BCUT2D eigenvalue weighted by molar-refractivity contribution is 5.86. The van der Waals surface area contributed by atoms with Crippen molar-refractivity contribution in [3.05, 3.63) is 24.3 Å². The first-order valence-corrected chi connectivity index (χ1v) is 12.4. The SMILES string of the molecule is C[C@H]1OC(=O)/C=C/COC(=O)[C@@H](NC(=O)OC(C)(C)C)[C@@H](C)OC(=O)/C=C/COC(=O)[C@H]1NC(=O)OC(C)(C)C. The fourth-order valence-corrected chi connectivity index (χ4v) is 2.91. The normalized spacial score (nSPS) is 25.4. The first-order chi connectivity index (χ1) is 18.4. The Balaban J connectivity index is 3.12. The summed E-state index contributed by atoms with van der Waals surface area (Å²) in [4.78, 5) is 74.4. The molecule has 0 saturated heterocycles. The zero-order valence-corrected chi connectivity index (χ0v) is 23.9. The lowest BCUT2D eigenvalue weighted by molar-refractivity contribution is -0.156. The van der Waals surface area contributed by atoms with Crippen LogP contribution >= 0.6 is 0 Å². The van der Waals surface area contributed by atoms with Crippen LogP contribution in [-0.4, -0.2) is 84.8 Å². The number of esters is 4. The van der Waals surface area contributed by atoms with Crippen molar-refractivity contribution in [3.63, 3.8) is 0 Å². The highest BCUT2D eigenvalue weighted by atomic mass is 16.6. The summed E-state index contributed by atoms with van der Waals surface area (Å²) in [5.41, 5.74) is -1.74. The van der Waals surface area contributed by atoms with Gasteiger partial charge in [0, 0.05) is 12.2 Å². The average molecular weight is 571 g/mol. The van der Waals surface area contributed by atoms with E-state index in [0.29, 0.717) is 0 Å². The second-order valence-corrected chi connectivity index (χ2v) is 10.6. The lowest BCUT2D eigenvalue weighted by Gasteiger charge is -2.26. The molecule has 0 bridgehead atoms. The number of hydrogen-bond acceptors (Lipinski definition) is 12. The lowest BCUT2D eigenvalue weighted by atomic mass is 10.2. The Labute approximate surface area is 232 Å². The Morgan fingerprint density at radius 3 is 1.32 bits per heavy atom. The van der Waals surface area contributed by atoms with Crippen LogP contribution in [0.4, 0.5) is 9.59 Å². The van der Waals surface area contributed by atoms with E-state index in [1.807, 2.05) is 0 Å². The molecule has 4 atom stereocenters. The molecule has 40 heavy (non-hydrogen) atoms. The quantitative estimate of drug-likeness (QED) is 0.364. The molecule has 0 aromatic rings. The van der Waals surface area contributed by atoms with Crippen LogP contribution in [0.1, 0.15) is 55.4 Å². The minimum Gasteiger partial charge on any atom is -0.460 e. The second-order valence-electron chi connectivity index (χ2n) is 10.6. The maximum absolute atomic E-state index is 12.7. The summed E-state index contributed by atoms with van der Waals surface area (Å²) in [5, 5.41) is 4.61. The molecule has 0 radical (unpaired) electrons. The number of amides is 2. The molecule has 1 heterocycles. The molecule has 0 aliphatic carbocycles. The van der Waals surface area contributed by atoms with Gasteiger partial charge in [0.25, 0.3) is 0 Å². The Morgan fingerprint density at radius 2 is 1.02 bits per heavy atom. The van der Waals surface area contributed by atoms with Gasteiger partial charge >= 0.3 is 36.1 Å².